The van der Waals surface area contributed by atoms with E-state index in [1.807, 2.05) is 0 Å². The summed E-state index contributed by atoms with van der Waals surface area (Å²) in [6, 6.07) is -3.32. The van der Waals surface area contributed by atoms with E-state index in [0.29, 0.717) is 0 Å². The van der Waals surface area contributed by atoms with Gasteiger partial charge in [0.2, 0.25) is 5.91 Å². The van der Waals surface area contributed by atoms with E-state index in [1.54, 1.807) is 0 Å². The predicted molar refractivity (Wildman–Crippen MR) is 133 cm³/mol. The Morgan fingerprint density at radius 3 is 1.93 bits per heavy atom. The lowest BCUT2D eigenvalue weighted by molar-refractivity contribution is -0.331. The van der Waals surface area contributed by atoms with Gasteiger partial charge in [-0.25, -0.2) is 0 Å². The average Bonchev–Trinajstić information content (AvgIpc) is 2.92. The predicted octanol–water partition coefficient (Wildman–Crippen LogP) is -8.46. The van der Waals surface area contributed by atoms with Crippen LogP contribution in [0.15, 0.2) is 0 Å². The molecule has 0 radical (unpaired) electrons. The van der Waals surface area contributed by atoms with Crippen LogP contribution in [0.1, 0.15) is 12.8 Å². The van der Waals surface area contributed by atoms with Gasteiger partial charge in [0.25, 0.3) is 0 Å². The van der Waals surface area contributed by atoms with Gasteiger partial charge in [-0.1, -0.05) is 0 Å². The molecule has 16 atom stereocenters. The van der Waals surface area contributed by atoms with E-state index in [0.717, 1.165) is 0 Å². The summed E-state index contributed by atoms with van der Waals surface area (Å²) < 4.78 is 22.7. The molecule has 1 saturated carbocycles. The van der Waals surface area contributed by atoms with Crippen LogP contribution in [-0.2, 0) is 23.7 Å². The van der Waals surface area contributed by atoms with Crippen molar-refractivity contribution in [2.45, 2.75) is 111 Å². The second-order valence-electron chi connectivity index (χ2n) is 10.4. The molecule has 2 saturated heterocycles. The minimum absolute atomic E-state index is 0.0219. The molecule has 1 amide bonds. The monoisotopic (exact) mass is 584 g/mol. The molecular formula is C22H44N6O12. The first-order valence-electron chi connectivity index (χ1n) is 13.2. The topological polar surface area (TPSA) is 338 Å². The quantitative estimate of drug-likeness (QED) is 0.113. The Balaban J connectivity index is 1.85. The number of rotatable bonds is 10. The maximum Gasteiger partial charge on any atom is 0.249 e. The second-order valence-corrected chi connectivity index (χ2v) is 10.4. The molecule has 0 aromatic carbocycles. The van der Waals surface area contributed by atoms with E-state index in [9.17, 15) is 40.5 Å². The van der Waals surface area contributed by atoms with Crippen LogP contribution in [0.3, 0.4) is 0 Å². The Labute approximate surface area is 230 Å². The van der Waals surface area contributed by atoms with Crippen molar-refractivity contribution in [2.75, 3.05) is 19.6 Å². The van der Waals surface area contributed by atoms with Crippen LogP contribution in [0.2, 0.25) is 0 Å². The van der Waals surface area contributed by atoms with E-state index in [-0.39, 0.29) is 32.5 Å². The van der Waals surface area contributed by atoms with E-state index >= 15 is 0 Å². The van der Waals surface area contributed by atoms with Gasteiger partial charge in [0.05, 0.1) is 18.2 Å². The number of aliphatic hydroxyl groups excluding tert-OH is 7. The van der Waals surface area contributed by atoms with Crippen LogP contribution in [0, 0.1) is 0 Å². The fourth-order valence-corrected chi connectivity index (χ4v) is 5.11. The number of hydrogen-bond donors (Lipinski definition) is 13. The van der Waals surface area contributed by atoms with Crippen molar-refractivity contribution in [3.05, 3.63) is 0 Å². The van der Waals surface area contributed by atoms with Crippen LogP contribution in [0.4, 0.5) is 0 Å². The molecule has 18 nitrogen and oxygen atoms in total. The van der Waals surface area contributed by atoms with Crippen molar-refractivity contribution in [1.29, 1.82) is 0 Å². The number of carbonyl (C=O) groups excluding carboxylic acids is 1. The van der Waals surface area contributed by atoms with Crippen molar-refractivity contribution >= 4 is 5.91 Å². The first kappa shape index (κ1) is 33.3. The minimum Gasteiger partial charge on any atom is -0.389 e. The van der Waals surface area contributed by atoms with Crippen LogP contribution >= 0.6 is 0 Å². The molecule has 0 aromatic rings. The molecule has 18 heteroatoms. The molecule has 1 aliphatic carbocycles. The van der Waals surface area contributed by atoms with E-state index in [2.05, 4.69) is 5.32 Å². The van der Waals surface area contributed by atoms with Crippen LogP contribution in [0.5, 0.6) is 0 Å². The van der Waals surface area contributed by atoms with Crippen molar-refractivity contribution < 1.29 is 59.5 Å². The molecule has 234 valence electrons. The second kappa shape index (κ2) is 14.3. The zero-order valence-corrected chi connectivity index (χ0v) is 21.8. The van der Waals surface area contributed by atoms with Crippen LogP contribution < -0.4 is 34.0 Å². The molecule has 0 aromatic heterocycles. The smallest absolute Gasteiger partial charge is 0.249 e. The summed E-state index contributed by atoms with van der Waals surface area (Å²) in [7, 11) is 0. The number of hydrogen-bond acceptors (Lipinski definition) is 17. The van der Waals surface area contributed by atoms with Gasteiger partial charge >= 0.3 is 0 Å². The highest BCUT2D eigenvalue weighted by molar-refractivity contribution is 5.80. The minimum atomic E-state index is -1.74. The molecule has 3 aliphatic rings. The Morgan fingerprint density at radius 1 is 0.800 bits per heavy atom. The lowest BCUT2D eigenvalue weighted by Gasteiger charge is -2.49. The summed E-state index contributed by atoms with van der Waals surface area (Å²) in [5.41, 5.74) is 28.8. The molecule has 2 heterocycles. The molecule has 0 spiro atoms. The summed E-state index contributed by atoms with van der Waals surface area (Å²) in [4.78, 5) is 12.6. The number of ether oxygens (including phenoxy) is 4. The van der Waals surface area contributed by atoms with Crippen molar-refractivity contribution in [3.8, 4) is 0 Å². The number of aliphatic hydroxyl groups is 7. The van der Waals surface area contributed by atoms with Crippen molar-refractivity contribution in [1.82, 2.24) is 5.32 Å². The number of nitrogens with two attached hydrogens (primary N) is 5. The summed E-state index contributed by atoms with van der Waals surface area (Å²) in [5.74, 6) is -0.825. The molecule has 3 rings (SSSR count). The van der Waals surface area contributed by atoms with Gasteiger partial charge in [0.15, 0.2) is 12.6 Å². The average molecular weight is 585 g/mol. The maximum atomic E-state index is 12.6. The van der Waals surface area contributed by atoms with E-state index in [1.165, 1.54) is 0 Å². The molecule has 40 heavy (non-hydrogen) atoms. The zero-order valence-electron chi connectivity index (χ0n) is 21.8. The normalized spacial score (nSPS) is 47.0. The zero-order chi connectivity index (χ0) is 29.9. The molecule has 3 fully saturated rings. The molecule has 18 N–H and O–H groups in total. The van der Waals surface area contributed by atoms with Crippen molar-refractivity contribution in [2.24, 2.45) is 28.7 Å². The summed E-state index contributed by atoms with van der Waals surface area (Å²) in [6.45, 7) is -0.376. The number of nitrogens with one attached hydrogen (secondary N) is 1. The lowest BCUT2D eigenvalue weighted by Crippen LogP contribution is -2.69. The van der Waals surface area contributed by atoms with E-state index in [4.69, 9.17) is 47.6 Å². The highest BCUT2D eigenvalue weighted by Crippen LogP contribution is 2.32. The van der Waals surface area contributed by atoms with Crippen LogP contribution in [0.25, 0.3) is 0 Å². The standard InChI is InChI=1S/C22H44N6O12/c23-2-1-8(29)20(36)28-7-3-6(26)18(39-22-16(34)15(33)13(31)10(5-25)38-22)17(35)19(7)40-21-14(32)11(27)12(30)9(4-24)37-21/h6-19,21-22,29-35H,1-5,23-27H2,(H,28,36)/t6-,7+,8?,9+,10+,11-,12+,13+,14+,15-,16+,17-,18+,19-,21+,22+/m0/s1. The van der Waals surface area contributed by atoms with Gasteiger partial charge in [0.1, 0.15) is 61.0 Å². The van der Waals surface area contributed by atoms with Gasteiger partial charge in [-0.3, -0.25) is 4.79 Å². The third-order valence-electron chi connectivity index (χ3n) is 7.56. The Morgan fingerprint density at radius 2 is 1.35 bits per heavy atom. The number of carbonyl (C=O) groups is 1. The Kier molecular flexibility index (Phi) is 11.9. The van der Waals surface area contributed by atoms with Gasteiger partial charge < -0.3 is 88.7 Å². The molecule has 1 unspecified atom stereocenters. The summed E-state index contributed by atoms with van der Waals surface area (Å²) >= 11 is 0. The Bertz CT molecular complexity index is 816. The van der Waals surface area contributed by atoms with E-state index < -0.39 is 104 Å². The lowest BCUT2D eigenvalue weighted by atomic mass is 9.83. The van der Waals surface area contributed by atoms with Crippen LogP contribution in [-0.4, -0.2) is 159 Å². The first-order chi connectivity index (χ1) is 18.9. The highest BCUT2D eigenvalue weighted by atomic mass is 16.7. The first-order valence-corrected chi connectivity index (χ1v) is 13.2. The fraction of sp³-hybridized carbons (Fsp3) is 0.955. The van der Waals surface area contributed by atoms with Gasteiger partial charge in [-0.15, -0.1) is 0 Å². The number of amides is 1. The van der Waals surface area contributed by atoms with Gasteiger partial charge in [-0.2, -0.15) is 0 Å². The molecular weight excluding hydrogens is 540 g/mol. The molecule has 0 bridgehead atoms. The maximum absolute atomic E-state index is 12.6. The summed E-state index contributed by atoms with van der Waals surface area (Å²) in [6.07, 6.45) is -19.1. The molecule has 2 aliphatic heterocycles. The largest absolute Gasteiger partial charge is 0.389 e. The fourth-order valence-electron chi connectivity index (χ4n) is 5.11. The summed E-state index contributed by atoms with van der Waals surface area (Å²) in [5, 5.41) is 75.5. The SMILES string of the molecule is NCCC(O)C(=O)N[C@@H]1C[C@H](N)[C@@H](O[C@H]2O[C@H](CN)[C@@H](O)[C@H](O)[C@H]2O)[C@H](O)[C@H]1O[C@H]1O[C@H](CN)[C@@H](O)[C@H](N)[C@H]1O. The third kappa shape index (κ3) is 7.06. The van der Waals surface area contributed by atoms with Gasteiger partial charge in [-0.05, 0) is 19.4 Å². The van der Waals surface area contributed by atoms with Crippen molar-refractivity contribution in [3.63, 3.8) is 0 Å². The Hall–Kier alpha value is -1.17. The van der Waals surface area contributed by atoms with Gasteiger partial charge in [0, 0.05) is 19.1 Å². The highest BCUT2D eigenvalue weighted by Gasteiger charge is 2.52. The third-order valence-corrected chi connectivity index (χ3v) is 7.56.